The van der Waals surface area contributed by atoms with Gasteiger partial charge in [-0.1, -0.05) is 30.3 Å². The van der Waals surface area contributed by atoms with Gasteiger partial charge in [0.05, 0.1) is 6.61 Å². The van der Waals surface area contributed by atoms with Crippen LogP contribution < -0.4 is 0 Å². The van der Waals surface area contributed by atoms with E-state index in [0.29, 0.717) is 6.61 Å². The number of ether oxygens (including phenoxy) is 1. The normalized spacial score (nSPS) is 19.4. The van der Waals surface area contributed by atoms with Gasteiger partial charge >= 0.3 is 5.97 Å². The minimum atomic E-state index is -0.167. The largest absolute Gasteiger partial charge is 0.462 e. The molecule has 1 aromatic carbocycles. The first-order chi connectivity index (χ1) is 6.86. The molecule has 0 amide bonds. The molecule has 1 aliphatic rings. The molecule has 0 spiro atoms. The van der Waals surface area contributed by atoms with Crippen LogP contribution in [0.2, 0.25) is 0 Å². The molecule has 0 unspecified atom stereocenters. The third kappa shape index (κ3) is 2.02. The lowest BCUT2D eigenvalue weighted by Crippen LogP contribution is -2.15. The Morgan fingerprint density at radius 2 is 2.00 bits per heavy atom. The van der Waals surface area contributed by atoms with Crippen molar-refractivity contribution in [3.63, 3.8) is 0 Å². The molecule has 2 heteroatoms. The molecular weight excluding hydrogens is 176 g/mol. The van der Waals surface area contributed by atoms with Gasteiger partial charge in [-0.2, -0.15) is 0 Å². The molecule has 1 fully saturated rings. The van der Waals surface area contributed by atoms with Gasteiger partial charge in [0.25, 0.3) is 0 Å². The van der Waals surface area contributed by atoms with Crippen molar-refractivity contribution in [2.24, 2.45) is 0 Å². The minimum Gasteiger partial charge on any atom is -0.462 e. The third-order valence-electron chi connectivity index (χ3n) is 2.23. The molecule has 0 N–H and O–H groups in total. The Labute approximate surface area is 83.2 Å². The SMILES string of the molecule is O=C1OCCC/C1=C\c1ccccc1. The average molecular weight is 188 g/mol. The highest BCUT2D eigenvalue weighted by atomic mass is 16.5. The number of carbonyl (C=O) groups is 1. The number of hydrogen-bond acceptors (Lipinski definition) is 2. The molecule has 72 valence electrons. The molecule has 0 bridgehead atoms. The Morgan fingerprint density at radius 1 is 1.21 bits per heavy atom. The van der Waals surface area contributed by atoms with Crippen LogP contribution in [0.1, 0.15) is 18.4 Å². The lowest BCUT2D eigenvalue weighted by atomic mass is 10.1. The van der Waals surface area contributed by atoms with Gasteiger partial charge in [-0.15, -0.1) is 0 Å². The number of rotatable bonds is 1. The van der Waals surface area contributed by atoms with Crippen molar-refractivity contribution in [3.05, 3.63) is 41.5 Å². The van der Waals surface area contributed by atoms with E-state index in [1.54, 1.807) is 0 Å². The first kappa shape index (κ1) is 9.00. The van der Waals surface area contributed by atoms with Gasteiger partial charge in [0, 0.05) is 5.57 Å². The zero-order valence-corrected chi connectivity index (χ0v) is 7.90. The lowest BCUT2D eigenvalue weighted by molar-refractivity contribution is -0.141. The van der Waals surface area contributed by atoms with E-state index in [4.69, 9.17) is 4.74 Å². The van der Waals surface area contributed by atoms with E-state index in [0.717, 1.165) is 24.0 Å². The molecule has 14 heavy (non-hydrogen) atoms. The van der Waals surface area contributed by atoms with Gasteiger partial charge in [-0.25, -0.2) is 4.79 Å². The van der Waals surface area contributed by atoms with Crippen LogP contribution in [-0.2, 0) is 9.53 Å². The maximum absolute atomic E-state index is 11.3. The molecular formula is C12H12O2. The van der Waals surface area contributed by atoms with Crippen LogP contribution in [0.3, 0.4) is 0 Å². The molecule has 0 atom stereocenters. The average Bonchev–Trinajstić information content (AvgIpc) is 2.23. The predicted molar refractivity (Wildman–Crippen MR) is 54.6 cm³/mol. The van der Waals surface area contributed by atoms with Crippen LogP contribution in [0.25, 0.3) is 6.08 Å². The van der Waals surface area contributed by atoms with Crippen molar-refractivity contribution >= 4 is 12.0 Å². The number of esters is 1. The molecule has 0 saturated carbocycles. The molecule has 2 rings (SSSR count). The van der Waals surface area contributed by atoms with E-state index >= 15 is 0 Å². The second-order valence-electron chi connectivity index (χ2n) is 3.32. The molecule has 1 heterocycles. The molecule has 0 aromatic heterocycles. The number of benzene rings is 1. The topological polar surface area (TPSA) is 26.3 Å². The Balaban J connectivity index is 2.21. The first-order valence-electron chi connectivity index (χ1n) is 4.79. The molecule has 2 nitrogen and oxygen atoms in total. The highest BCUT2D eigenvalue weighted by molar-refractivity contribution is 5.94. The summed E-state index contributed by atoms with van der Waals surface area (Å²) in [5.74, 6) is -0.167. The van der Waals surface area contributed by atoms with Gasteiger partial charge in [-0.05, 0) is 24.5 Å². The summed E-state index contributed by atoms with van der Waals surface area (Å²) in [5, 5.41) is 0. The number of hydrogen-bond donors (Lipinski definition) is 0. The quantitative estimate of drug-likeness (QED) is 0.499. The van der Waals surface area contributed by atoms with Gasteiger partial charge < -0.3 is 4.74 Å². The van der Waals surface area contributed by atoms with Crippen LogP contribution in [0.4, 0.5) is 0 Å². The van der Waals surface area contributed by atoms with Crippen LogP contribution in [0.5, 0.6) is 0 Å². The van der Waals surface area contributed by atoms with E-state index in [9.17, 15) is 4.79 Å². The zero-order valence-electron chi connectivity index (χ0n) is 7.90. The Kier molecular flexibility index (Phi) is 2.63. The van der Waals surface area contributed by atoms with E-state index in [1.807, 2.05) is 36.4 Å². The summed E-state index contributed by atoms with van der Waals surface area (Å²) in [6, 6.07) is 9.84. The highest BCUT2D eigenvalue weighted by Gasteiger charge is 2.15. The summed E-state index contributed by atoms with van der Waals surface area (Å²) in [5.41, 5.74) is 1.84. The predicted octanol–water partition coefficient (Wildman–Crippen LogP) is 2.41. The standard InChI is InChI=1S/C12H12O2/c13-12-11(7-4-8-14-12)9-10-5-2-1-3-6-10/h1-3,5-6,9H,4,7-8H2/b11-9+. The molecule has 0 radical (unpaired) electrons. The first-order valence-corrected chi connectivity index (χ1v) is 4.79. The van der Waals surface area contributed by atoms with Crippen molar-refractivity contribution in [2.45, 2.75) is 12.8 Å². The monoisotopic (exact) mass is 188 g/mol. The summed E-state index contributed by atoms with van der Waals surface area (Å²) in [6.45, 7) is 0.560. The van der Waals surface area contributed by atoms with E-state index in [1.165, 1.54) is 0 Å². The molecule has 0 aliphatic carbocycles. The fourth-order valence-electron chi connectivity index (χ4n) is 1.50. The minimum absolute atomic E-state index is 0.167. The second kappa shape index (κ2) is 4.09. The van der Waals surface area contributed by atoms with E-state index in [-0.39, 0.29) is 5.97 Å². The van der Waals surface area contributed by atoms with Gasteiger partial charge in [0.15, 0.2) is 0 Å². The maximum Gasteiger partial charge on any atom is 0.334 e. The highest BCUT2D eigenvalue weighted by Crippen LogP contribution is 2.17. The molecule has 1 aliphatic heterocycles. The number of cyclic esters (lactones) is 1. The Bertz CT molecular complexity index is 352. The number of carbonyl (C=O) groups excluding carboxylic acids is 1. The maximum atomic E-state index is 11.3. The zero-order chi connectivity index (χ0) is 9.80. The van der Waals surface area contributed by atoms with E-state index in [2.05, 4.69) is 0 Å². The van der Waals surface area contributed by atoms with Crippen LogP contribution in [0.15, 0.2) is 35.9 Å². The van der Waals surface area contributed by atoms with E-state index < -0.39 is 0 Å². The Hall–Kier alpha value is -1.57. The van der Waals surface area contributed by atoms with Crippen molar-refractivity contribution < 1.29 is 9.53 Å². The summed E-state index contributed by atoms with van der Waals surface area (Å²) in [7, 11) is 0. The van der Waals surface area contributed by atoms with Crippen LogP contribution in [-0.4, -0.2) is 12.6 Å². The lowest BCUT2D eigenvalue weighted by Gasteiger charge is -2.13. The second-order valence-corrected chi connectivity index (χ2v) is 3.32. The van der Waals surface area contributed by atoms with Crippen molar-refractivity contribution in [1.29, 1.82) is 0 Å². The summed E-state index contributed by atoms with van der Waals surface area (Å²) >= 11 is 0. The Morgan fingerprint density at radius 3 is 2.71 bits per heavy atom. The summed E-state index contributed by atoms with van der Waals surface area (Å²) in [6.07, 6.45) is 3.67. The smallest absolute Gasteiger partial charge is 0.334 e. The summed E-state index contributed by atoms with van der Waals surface area (Å²) in [4.78, 5) is 11.3. The van der Waals surface area contributed by atoms with Crippen LogP contribution in [0, 0.1) is 0 Å². The van der Waals surface area contributed by atoms with Gasteiger partial charge in [0.2, 0.25) is 0 Å². The fraction of sp³-hybridized carbons (Fsp3) is 0.250. The van der Waals surface area contributed by atoms with Crippen molar-refractivity contribution in [2.75, 3.05) is 6.61 Å². The van der Waals surface area contributed by atoms with Crippen molar-refractivity contribution in [3.8, 4) is 0 Å². The summed E-state index contributed by atoms with van der Waals surface area (Å²) < 4.78 is 4.96. The van der Waals surface area contributed by atoms with Crippen LogP contribution >= 0.6 is 0 Å². The molecule has 1 saturated heterocycles. The fourth-order valence-corrected chi connectivity index (χ4v) is 1.50. The molecule has 1 aromatic rings. The van der Waals surface area contributed by atoms with Crippen molar-refractivity contribution in [1.82, 2.24) is 0 Å². The van der Waals surface area contributed by atoms with Gasteiger partial charge in [0.1, 0.15) is 0 Å². The van der Waals surface area contributed by atoms with Gasteiger partial charge in [-0.3, -0.25) is 0 Å². The third-order valence-corrected chi connectivity index (χ3v) is 2.23.